The first-order chi connectivity index (χ1) is 15.4. The van der Waals surface area contributed by atoms with E-state index in [2.05, 4.69) is 37.8 Å². The van der Waals surface area contributed by atoms with Gasteiger partial charge in [0.15, 0.2) is 9.84 Å². The number of para-hydroxylation sites is 1. The minimum absolute atomic E-state index is 0.174. The summed E-state index contributed by atoms with van der Waals surface area (Å²) in [6, 6.07) is 12.9. The van der Waals surface area contributed by atoms with Crippen LogP contribution in [0.3, 0.4) is 0 Å². The molecule has 0 bridgehead atoms. The van der Waals surface area contributed by atoms with Crippen molar-refractivity contribution in [2.75, 3.05) is 30.1 Å². The number of aromatic nitrogens is 3. The number of anilines is 4. The Kier molecular flexibility index (Phi) is 6.63. The van der Waals surface area contributed by atoms with Crippen molar-refractivity contribution in [2.45, 2.75) is 30.3 Å². The van der Waals surface area contributed by atoms with Gasteiger partial charge in [0.2, 0.25) is 0 Å². The zero-order chi connectivity index (χ0) is 22.6. The first-order valence-electron chi connectivity index (χ1n) is 10.3. The molecule has 2 atom stereocenters. The lowest BCUT2D eigenvalue weighted by atomic mass is 10.1. The predicted octanol–water partition coefficient (Wildman–Crippen LogP) is 3.20. The van der Waals surface area contributed by atoms with Crippen molar-refractivity contribution in [3.8, 4) is 0 Å². The summed E-state index contributed by atoms with van der Waals surface area (Å²) >= 11 is 0. The maximum Gasteiger partial charge on any atom is 0.177 e. The second-order valence-corrected chi connectivity index (χ2v) is 9.72. The van der Waals surface area contributed by atoms with E-state index in [-0.39, 0.29) is 10.9 Å². The normalized spacial score (nSPS) is 17.1. The number of sulfone groups is 1. The Balaban J connectivity index is 1.43. The van der Waals surface area contributed by atoms with Crippen molar-refractivity contribution in [1.82, 2.24) is 20.3 Å². The number of rotatable bonds is 8. The quantitative estimate of drug-likeness (QED) is 0.471. The van der Waals surface area contributed by atoms with Crippen molar-refractivity contribution in [1.29, 1.82) is 0 Å². The number of hydrogen-bond acceptors (Lipinski definition) is 9. The van der Waals surface area contributed by atoms with Crippen LogP contribution in [0.2, 0.25) is 0 Å². The fourth-order valence-electron chi connectivity index (χ4n) is 3.51. The first kappa shape index (κ1) is 22.1. The van der Waals surface area contributed by atoms with E-state index in [1.165, 1.54) is 12.6 Å². The molecule has 0 spiro atoms. The highest BCUT2D eigenvalue weighted by Gasteiger charge is 2.18. The van der Waals surface area contributed by atoms with E-state index < -0.39 is 9.84 Å². The Bertz CT molecular complexity index is 1160. The summed E-state index contributed by atoms with van der Waals surface area (Å²) in [6.45, 7) is 3.66. The number of hydrogen-bond donors (Lipinski definition) is 3. The van der Waals surface area contributed by atoms with Crippen LogP contribution in [-0.2, 0) is 14.6 Å². The second kappa shape index (κ2) is 9.60. The van der Waals surface area contributed by atoms with E-state index in [9.17, 15) is 8.42 Å². The number of nitrogens with one attached hydrogen (secondary N) is 3. The van der Waals surface area contributed by atoms with Gasteiger partial charge in [0.1, 0.15) is 23.8 Å². The molecule has 1 aromatic carbocycles. The van der Waals surface area contributed by atoms with E-state index in [1.807, 2.05) is 18.3 Å². The van der Waals surface area contributed by atoms with Crippen LogP contribution in [-0.4, -0.2) is 48.9 Å². The summed E-state index contributed by atoms with van der Waals surface area (Å²) < 4.78 is 29.5. The van der Waals surface area contributed by atoms with Crippen LogP contribution in [0.4, 0.5) is 23.1 Å². The van der Waals surface area contributed by atoms with E-state index >= 15 is 0 Å². The lowest BCUT2D eigenvalue weighted by Crippen LogP contribution is -2.31. The maximum absolute atomic E-state index is 12.0. The van der Waals surface area contributed by atoms with Crippen LogP contribution >= 0.6 is 0 Å². The van der Waals surface area contributed by atoms with Crippen molar-refractivity contribution >= 4 is 33.0 Å². The van der Waals surface area contributed by atoms with Crippen LogP contribution in [0.1, 0.15) is 24.9 Å². The van der Waals surface area contributed by atoms with Crippen molar-refractivity contribution in [3.05, 3.63) is 60.6 Å². The third kappa shape index (κ3) is 5.58. The second-order valence-electron chi connectivity index (χ2n) is 7.73. The third-order valence-corrected chi connectivity index (χ3v) is 6.33. The Morgan fingerprint density at radius 2 is 1.81 bits per heavy atom. The number of benzene rings is 1. The van der Waals surface area contributed by atoms with Gasteiger partial charge in [0.25, 0.3) is 0 Å². The van der Waals surface area contributed by atoms with Gasteiger partial charge in [0.05, 0.1) is 17.2 Å². The molecule has 32 heavy (non-hydrogen) atoms. The first-order valence-corrected chi connectivity index (χ1v) is 12.2. The van der Waals surface area contributed by atoms with Gasteiger partial charge < -0.3 is 20.7 Å². The molecule has 3 aromatic rings. The summed E-state index contributed by atoms with van der Waals surface area (Å²) in [4.78, 5) is 13.1. The van der Waals surface area contributed by atoms with E-state index in [1.54, 1.807) is 30.3 Å². The molecular formula is C22H26N6O3S. The number of ether oxygens (including phenoxy) is 1. The van der Waals surface area contributed by atoms with Crippen LogP contribution in [0.25, 0.3) is 0 Å². The standard InChI is InChI=1S/C22H26N6O3S/c1-15(26-17-9-10-31-13-17)16-7-8-20(23-12-16)28-22-11-21(24-14-25-22)27-18-5-3-4-6-19(18)32(2,29)30/h3-8,11-12,14-15,17,26H,9-10,13H2,1-2H3,(H2,23,24,25,27,28). The average molecular weight is 455 g/mol. The number of pyridine rings is 1. The molecule has 0 aliphatic carbocycles. The predicted molar refractivity (Wildman–Crippen MR) is 123 cm³/mol. The molecule has 2 aromatic heterocycles. The highest BCUT2D eigenvalue weighted by molar-refractivity contribution is 7.90. The Morgan fingerprint density at radius 1 is 1.03 bits per heavy atom. The topological polar surface area (TPSA) is 118 Å². The summed E-state index contributed by atoms with van der Waals surface area (Å²) in [7, 11) is -3.37. The van der Waals surface area contributed by atoms with Crippen molar-refractivity contribution in [3.63, 3.8) is 0 Å². The third-order valence-electron chi connectivity index (χ3n) is 5.17. The molecule has 1 aliphatic rings. The molecular weight excluding hydrogens is 428 g/mol. The lowest BCUT2D eigenvalue weighted by molar-refractivity contribution is 0.188. The minimum atomic E-state index is -3.37. The average Bonchev–Trinajstić information content (AvgIpc) is 3.27. The molecule has 4 rings (SSSR count). The van der Waals surface area contributed by atoms with Gasteiger partial charge in [-0.15, -0.1) is 0 Å². The molecule has 1 saturated heterocycles. The molecule has 1 fully saturated rings. The summed E-state index contributed by atoms with van der Waals surface area (Å²) in [6.07, 6.45) is 5.43. The molecule has 3 N–H and O–H groups in total. The van der Waals surface area contributed by atoms with Gasteiger partial charge in [-0.05, 0) is 37.1 Å². The summed E-state index contributed by atoms with van der Waals surface area (Å²) in [5.41, 5.74) is 1.54. The molecule has 1 aliphatic heterocycles. The Morgan fingerprint density at radius 3 is 2.50 bits per heavy atom. The largest absolute Gasteiger partial charge is 0.380 e. The molecule has 0 saturated carbocycles. The van der Waals surface area contributed by atoms with Gasteiger partial charge in [-0.25, -0.2) is 23.4 Å². The van der Waals surface area contributed by atoms with Gasteiger partial charge in [0, 0.05) is 37.2 Å². The van der Waals surface area contributed by atoms with Crippen LogP contribution in [0.15, 0.2) is 59.9 Å². The summed E-state index contributed by atoms with van der Waals surface area (Å²) in [5.74, 6) is 1.65. The Labute approximate surface area is 187 Å². The van der Waals surface area contributed by atoms with Crippen molar-refractivity contribution < 1.29 is 13.2 Å². The van der Waals surface area contributed by atoms with Crippen LogP contribution in [0, 0.1) is 0 Å². The van der Waals surface area contributed by atoms with Gasteiger partial charge >= 0.3 is 0 Å². The van der Waals surface area contributed by atoms with E-state index in [4.69, 9.17) is 4.74 Å². The SMILES string of the molecule is CC(NC1CCOC1)c1ccc(Nc2cc(Nc3ccccc3S(C)(=O)=O)ncn2)nc1. The molecule has 3 heterocycles. The van der Waals surface area contributed by atoms with Crippen molar-refractivity contribution in [2.24, 2.45) is 0 Å². The van der Waals surface area contributed by atoms with Gasteiger partial charge in [-0.2, -0.15) is 0 Å². The zero-order valence-electron chi connectivity index (χ0n) is 17.9. The van der Waals surface area contributed by atoms with E-state index in [0.29, 0.717) is 29.2 Å². The zero-order valence-corrected chi connectivity index (χ0v) is 18.8. The van der Waals surface area contributed by atoms with Crippen LogP contribution < -0.4 is 16.0 Å². The maximum atomic E-state index is 12.0. The van der Waals surface area contributed by atoms with Gasteiger partial charge in [-0.3, -0.25) is 0 Å². The fourth-order valence-corrected chi connectivity index (χ4v) is 4.35. The van der Waals surface area contributed by atoms with E-state index in [0.717, 1.165) is 25.2 Å². The smallest absolute Gasteiger partial charge is 0.177 e. The highest BCUT2D eigenvalue weighted by Crippen LogP contribution is 2.25. The van der Waals surface area contributed by atoms with Crippen LogP contribution in [0.5, 0.6) is 0 Å². The number of nitrogens with zero attached hydrogens (tertiary/aromatic N) is 3. The minimum Gasteiger partial charge on any atom is -0.380 e. The molecule has 2 unspecified atom stereocenters. The molecule has 10 heteroatoms. The fraction of sp³-hybridized carbons (Fsp3) is 0.318. The monoisotopic (exact) mass is 454 g/mol. The highest BCUT2D eigenvalue weighted by atomic mass is 32.2. The lowest BCUT2D eigenvalue weighted by Gasteiger charge is -2.18. The summed E-state index contributed by atoms with van der Waals surface area (Å²) in [5, 5.41) is 9.76. The molecule has 0 radical (unpaired) electrons. The molecule has 9 nitrogen and oxygen atoms in total. The molecule has 0 amide bonds. The molecule has 168 valence electrons. The van der Waals surface area contributed by atoms with Gasteiger partial charge in [-0.1, -0.05) is 18.2 Å². The Hall–Kier alpha value is -3.08.